The number of carboxylic acid groups (broad SMARTS) is 1. The highest BCUT2D eigenvalue weighted by atomic mass is 19.4. The van der Waals surface area contributed by atoms with Crippen LogP contribution in [0.4, 0.5) is 19.1 Å². The van der Waals surface area contributed by atoms with Gasteiger partial charge in [-0.05, 0) is 61.7 Å². The molecule has 0 amide bonds. The number of aromatic nitrogens is 2. The van der Waals surface area contributed by atoms with Crippen LogP contribution in [0.2, 0.25) is 0 Å². The molecule has 0 fully saturated rings. The average molecular weight is 459 g/mol. The molecule has 1 N–H and O–H groups in total. The number of carboxylic acids is 1. The van der Waals surface area contributed by atoms with Gasteiger partial charge in [0.05, 0.1) is 5.56 Å². The molecule has 0 saturated carbocycles. The number of alkyl halides is 3. The number of halogens is 3. The average Bonchev–Trinajstić information content (AvgIpc) is 2.77. The molecular formula is C24H24F3N3O3. The first-order chi connectivity index (χ1) is 15.5. The molecule has 0 aliphatic carbocycles. The van der Waals surface area contributed by atoms with E-state index in [0.29, 0.717) is 36.8 Å². The second-order valence-electron chi connectivity index (χ2n) is 7.98. The monoisotopic (exact) mass is 459 g/mol. The Labute approximate surface area is 189 Å². The van der Waals surface area contributed by atoms with E-state index in [1.54, 1.807) is 30.6 Å². The molecule has 0 aliphatic heterocycles. The molecular weight excluding hydrogens is 435 g/mol. The van der Waals surface area contributed by atoms with E-state index < -0.39 is 23.3 Å². The van der Waals surface area contributed by atoms with Gasteiger partial charge >= 0.3 is 12.1 Å². The zero-order chi connectivity index (χ0) is 24.1. The van der Waals surface area contributed by atoms with Crippen LogP contribution in [0, 0.1) is 0 Å². The van der Waals surface area contributed by atoms with Crippen LogP contribution in [0.25, 0.3) is 0 Å². The van der Waals surface area contributed by atoms with Gasteiger partial charge in [0.15, 0.2) is 5.60 Å². The molecule has 0 bridgehead atoms. The number of anilines is 1. The Hall–Kier alpha value is -3.62. The van der Waals surface area contributed by atoms with Crippen molar-refractivity contribution in [1.29, 1.82) is 0 Å². The van der Waals surface area contributed by atoms with Crippen LogP contribution in [-0.4, -0.2) is 33.2 Å². The molecule has 3 aromatic rings. The SMILES string of the molecule is CC(C)(Oc1ccc(CCN(Cc2ccc(C(F)(F)F)cc2)c2ncccn2)cc1)C(=O)O. The minimum absolute atomic E-state index is 0.343. The lowest BCUT2D eigenvalue weighted by molar-refractivity contribution is -0.152. The van der Waals surface area contributed by atoms with Gasteiger partial charge in [-0.1, -0.05) is 24.3 Å². The zero-order valence-corrected chi connectivity index (χ0v) is 18.2. The smallest absolute Gasteiger partial charge is 0.416 e. The molecule has 1 heterocycles. The lowest BCUT2D eigenvalue weighted by Crippen LogP contribution is -2.37. The summed E-state index contributed by atoms with van der Waals surface area (Å²) >= 11 is 0. The summed E-state index contributed by atoms with van der Waals surface area (Å²) in [6.07, 6.45) is -0.547. The van der Waals surface area contributed by atoms with E-state index in [9.17, 15) is 23.1 Å². The van der Waals surface area contributed by atoms with Crippen molar-refractivity contribution < 1.29 is 27.8 Å². The number of nitrogens with zero attached hydrogens (tertiary/aromatic N) is 3. The summed E-state index contributed by atoms with van der Waals surface area (Å²) in [7, 11) is 0. The van der Waals surface area contributed by atoms with Gasteiger partial charge in [0.25, 0.3) is 0 Å². The van der Waals surface area contributed by atoms with Crippen LogP contribution in [0.1, 0.15) is 30.5 Å². The Morgan fingerprint density at radius 2 is 1.55 bits per heavy atom. The lowest BCUT2D eigenvalue weighted by atomic mass is 10.1. The molecule has 0 atom stereocenters. The van der Waals surface area contributed by atoms with Gasteiger partial charge in [0.1, 0.15) is 5.75 Å². The minimum Gasteiger partial charge on any atom is -0.478 e. The molecule has 1 aromatic heterocycles. The Kier molecular flexibility index (Phi) is 7.20. The fourth-order valence-corrected chi connectivity index (χ4v) is 3.05. The number of benzene rings is 2. The molecule has 6 nitrogen and oxygen atoms in total. The van der Waals surface area contributed by atoms with E-state index in [-0.39, 0.29) is 0 Å². The summed E-state index contributed by atoms with van der Waals surface area (Å²) in [5, 5.41) is 9.19. The van der Waals surface area contributed by atoms with E-state index in [1.807, 2.05) is 17.0 Å². The topological polar surface area (TPSA) is 75.5 Å². The standard InChI is InChI=1S/C24H24F3N3O3/c1-23(2,21(31)32)33-20-10-6-17(7-11-20)12-15-30(22-28-13-3-14-29-22)16-18-4-8-19(9-5-18)24(25,26)27/h3-11,13-14H,12,15-16H2,1-2H3,(H,31,32). The molecule has 9 heteroatoms. The summed E-state index contributed by atoms with van der Waals surface area (Å²) in [6.45, 7) is 3.81. The highest BCUT2D eigenvalue weighted by Crippen LogP contribution is 2.29. The third-order valence-electron chi connectivity index (χ3n) is 4.97. The first-order valence-electron chi connectivity index (χ1n) is 10.2. The molecule has 0 saturated heterocycles. The zero-order valence-electron chi connectivity index (χ0n) is 18.2. The summed E-state index contributed by atoms with van der Waals surface area (Å²) in [5.74, 6) is -0.145. The van der Waals surface area contributed by atoms with Gasteiger partial charge in [-0.25, -0.2) is 14.8 Å². The highest BCUT2D eigenvalue weighted by molar-refractivity contribution is 5.76. The van der Waals surface area contributed by atoms with Gasteiger partial charge in [0, 0.05) is 25.5 Å². The second-order valence-corrected chi connectivity index (χ2v) is 7.98. The quantitative estimate of drug-likeness (QED) is 0.486. The number of ether oxygens (including phenoxy) is 1. The minimum atomic E-state index is -4.38. The van der Waals surface area contributed by atoms with Gasteiger partial charge in [-0.3, -0.25) is 0 Å². The molecule has 174 valence electrons. The number of hydrogen-bond donors (Lipinski definition) is 1. The van der Waals surface area contributed by atoms with Crippen molar-refractivity contribution in [2.24, 2.45) is 0 Å². The molecule has 0 spiro atoms. The molecule has 2 aromatic carbocycles. The number of aliphatic carboxylic acids is 1. The molecule has 0 unspecified atom stereocenters. The first kappa shape index (κ1) is 24.0. The normalized spacial score (nSPS) is 11.8. The first-order valence-corrected chi connectivity index (χ1v) is 10.2. The largest absolute Gasteiger partial charge is 0.478 e. The van der Waals surface area contributed by atoms with Crippen LogP contribution in [0.3, 0.4) is 0 Å². The Morgan fingerprint density at radius 1 is 0.970 bits per heavy atom. The summed E-state index contributed by atoms with van der Waals surface area (Å²) in [5.41, 5.74) is -0.356. The summed E-state index contributed by atoms with van der Waals surface area (Å²) in [4.78, 5) is 21.7. The van der Waals surface area contributed by atoms with Crippen molar-refractivity contribution in [3.05, 3.63) is 83.7 Å². The highest BCUT2D eigenvalue weighted by Gasteiger charge is 2.30. The molecule has 0 aliphatic rings. The maximum atomic E-state index is 12.8. The molecule has 0 radical (unpaired) electrons. The lowest BCUT2D eigenvalue weighted by Gasteiger charge is -2.23. The fraction of sp³-hybridized carbons (Fsp3) is 0.292. The van der Waals surface area contributed by atoms with Crippen LogP contribution in [0.15, 0.2) is 67.0 Å². The number of rotatable bonds is 9. The third-order valence-corrected chi connectivity index (χ3v) is 4.97. The Bertz CT molecular complexity index is 1050. The van der Waals surface area contributed by atoms with E-state index in [0.717, 1.165) is 17.7 Å². The maximum absolute atomic E-state index is 12.8. The van der Waals surface area contributed by atoms with E-state index in [1.165, 1.54) is 26.0 Å². The fourth-order valence-electron chi connectivity index (χ4n) is 3.05. The number of hydrogen-bond acceptors (Lipinski definition) is 5. The molecule has 3 rings (SSSR count). The van der Waals surface area contributed by atoms with E-state index >= 15 is 0 Å². The van der Waals surface area contributed by atoms with Gasteiger partial charge in [-0.15, -0.1) is 0 Å². The second kappa shape index (κ2) is 9.89. The van der Waals surface area contributed by atoms with Crippen molar-refractivity contribution in [2.75, 3.05) is 11.4 Å². The predicted molar refractivity (Wildman–Crippen MR) is 117 cm³/mol. The number of carbonyl (C=O) groups is 1. The Balaban J connectivity index is 1.69. The van der Waals surface area contributed by atoms with Crippen molar-refractivity contribution in [3.8, 4) is 5.75 Å². The van der Waals surface area contributed by atoms with Crippen LogP contribution >= 0.6 is 0 Å². The van der Waals surface area contributed by atoms with Crippen molar-refractivity contribution in [2.45, 2.75) is 38.6 Å². The molecule has 33 heavy (non-hydrogen) atoms. The summed E-state index contributed by atoms with van der Waals surface area (Å²) < 4.78 is 44.1. The van der Waals surface area contributed by atoms with Gasteiger partial charge in [-0.2, -0.15) is 13.2 Å². The van der Waals surface area contributed by atoms with E-state index in [2.05, 4.69) is 9.97 Å². The Morgan fingerprint density at radius 3 is 2.09 bits per heavy atom. The van der Waals surface area contributed by atoms with Gasteiger partial charge < -0.3 is 14.7 Å². The van der Waals surface area contributed by atoms with Crippen LogP contribution in [-0.2, 0) is 23.9 Å². The van der Waals surface area contributed by atoms with Crippen molar-refractivity contribution in [3.63, 3.8) is 0 Å². The predicted octanol–water partition coefficient (Wildman–Crippen LogP) is 4.99. The summed E-state index contributed by atoms with van der Waals surface area (Å²) in [6, 6.07) is 13.8. The third kappa shape index (κ3) is 6.68. The van der Waals surface area contributed by atoms with Crippen LogP contribution < -0.4 is 9.64 Å². The van der Waals surface area contributed by atoms with Crippen LogP contribution in [0.5, 0.6) is 5.75 Å². The van der Waals surface area contributed by atoms with Crippen molar-refractivity contribution in [1.82, 2.24) is 9.97 Å². The van der Waals surface area contributed by atoms with E-state index in [4.69, 9.17) is 4.74 Å². The van der Waals surface area contributed by atoms with Crippen molar-refractivity contribution >= 4 is 11.9 Å². The van der Waals surface area contributed by atoms with Gasteiger partial charge in [0.2, 0.25) is 5.95 Å². The maximum Gasteiger partial charge on any atom is 0.416 e.